The number of allylic oxidation sites excluding steroid dienone is 4. The minimum absolute atomic E-state index is 0.0247. The van der Waals surface area contributed by atoms with E-state index in [1.54, 1.807) is 0 Å². The Labute approximate surface area is 123 Å². The SMILES string of the molecule is ClC1=C(Cl)[C@]2(Cl)C(Cl)=C(Cl)[C@@H]3C[C@@H]2[C@H]1[C@@H]3Cl. The van der Waals surface area contributed by atoms with Gasteiger partial charge in [0.05, 0.1) is 10.1 Å². The van der Waals surface area contributed by atoms with E-state index in [9.17, 15) is 0 Å². The molecule has 0 amide bonds. The lowest BCUT2D eigenvalue weighted by Gasteiger charge is -2.34. The number of halogens is 6. The maximum Gasteiger partial charge on any atom is 0.121 e. The zero-order valence-corrected chi connectivity index (χ0v) is 12.3. The van der Waals surface area contributed by atoms with Crippen molar-refractivity contribution in [2.24, 2.45) is 17.8 Å². The first-order chi connectivity index (χ1) is 7.40. The first-order valence-corrected chi connectivity index (χ1v) is 7.17. The molecule has 0 radical (unpaired) electrons. The van der Waals surface area contributed by atoms with Crippen LogP contribution in [0.3, 0.4) is 0 Å². The van der Waals surface area contributed by atoms with Gasteiger partial charge in [-0.2, -0.15) is 0 Å². The lowest BCUT2D eigenvalue weighted by Crippen LogP contribution is -2.33. The number of hydrogen-bond acceptors (Lipinski definition) is 0. The summed E-state index contributed by atoms with van der Waals surface area (Å²) in [5.74, 6) is 0.0937. The van der Waals surface area contributed by atoms with E-state index < -0.39 is 4.87 Å². The Morgan fingerprint density at radius 3 is 2.19 bits per heavy atom. The molecule has 0 unspecified atom stereocenters. The van der Waals surface area contributed by atoms with Crippen molar-refractivity contribution in [3.63, 3.8) is 0 Å². The summed E-state index contributed by atoms with van der Waals surface area (Å²) < 4.78 is 0. The maximum absolute atomic E-state index is 6.54. The highest BCUT2D eigenvalue weighted by Gasteiger charge is 2.65. The van der Waals surface area contributed by atoms with E-state index in [1.165, 1.54) is 0 Å². The van der Waals surface area contributed by atoms with Crippen molar-refractivity contribution in [1.82, 2.24) is 0 Å². The van der Waals surface area contributed by atoms with E-state index in [4.69, 9.17) is 69.6 Å². The zero-order valence-electron chi connectivity index (χ0n) is 7.78. The Bertz CT molecular complexity index is 439. The lowest BCUT2D eigenvalue weighted by molar-refractivity contribution is 0.427. The Hall–Kier alpha value is 1.22. The van der Waals surface area contributed by atoms with Crippen LogP contribution in [0.25, 0.3) is 0 Å². The molecule has 0 N–H and O–H groups in total. The van der Waals surface area contributed by atoms with Gasteiger partial charge in [-0.15, -0.1) is 23.2 Å². The summed E-state index contributed by atoms with van der Waals surface area (Å²) >= 11 is 37.8. The standard InChI is InChI=1S/C10H6Cl6/c11-5-2-1-3-4(5)7(13)9(15)10(3,16)8(14)6(2)12/h2-5H,1H2/t2-,3-,4+,5-,10-/m1/s1. The molecule has 1 saturated carbocycles. The van der Waals surface area contributed by atoms with E-state index in [1.807, 2.05) is 0 Å². The average Bonchev–Trinajstić information content (AvgIpc) is 2.67. The predicted octanol–water partition coefficient (Wildman–Crippen LogP) is 5.23. The molecular formula is C10H6Cl6. The first-order valence-electron chi connectivity index (χ1n) is 4.85. The van der Waals surface area contributed by atoms with Crippen LogP contribution in [0, 0.1) is 17.8 Å². The van der Waals surface area contributed by atoms with Crippen LogP contribution in [0.1, 0.15) is 6.42 Å². The van der Waals surface area contributed by atoms with Gasteiger partial charge < -0.3 is 0 Å². The van der Waals surface area contributed by atoms with Crippen molar-refractivity contribution in [3.05, 3.63) is 20.1 Å². The third-order valence-corrected chi connectivity index (χ3v) is 7.39. The molecule has 1 fully saturated rings. The fourth-order valence-corrected chi connectivity index (χ4v) is 5.85. The Morgan fingerprint density at radius 1 is 1.00 bits per heavy atom. The molecule has 6 heteroatoms. The summed E-state index contributed by atoms with van der Waals surface area (Å²) in [4.78, 5) is -0.942. The highest BCUT2D eigenvalue weighted by molar-refractivity contribution is 6.53. The normalized spacial score (nSPS) is 50.6. The van der Waals surface area contributed by atoms with Gasteiger partial charge >= 0.3 is 0 Å². The zero-order chi connectivity index (χ0) is 11.8. The van der Waals surface area contributed by atoms with Crippen molar-refractivity contribution in [3.8, 4) is 0 Å². The Morgan fingerprint density at radius 2 is 1.56 bits per heavy atom. The minimum atomic E-state index is -0.942. The molecule has 3 rings (SSSR count). The predicted molar refractivity (Wildman–Crippen MR) is 70.8 cm³/mol. The van der Waals surface area contributed by atoms with Crippen molar-refractivity contribution in [1.29, 1.82) is 0 Å². The van der Waals surface area contributed by atoms with Crippen molar-refractivity contribution >= 4 is 69.6 Å². The fraction of sp³-hybridized carbons (Fsp3) is 0.600. The first kappa shape index (κ1) is 12.3. The molecule has 0 aromatic carbocycles. The summed E-state index contributed by atoms with van der Waals surface area (Å²) in [7, 11) is 0. The van der Waals surface area contributed by atoms with Gasteiger partial charge in [0.15, 0.2) is 0 Å². The molecule has 3 aliphatic carbocycles. The largest absolute Gasteiger partial charge is 0.122 e. The molecule has 0 nitrogen and oxygen atoms in total. The second-order valence-electron chi connectivity index (χ2n) is 4.45. The lowest BCUT2D eigenvalue weighted by atomic mass is 9.85. The van der Waals surface area contributed by atoms with Gasteiger partial charge in [-0.1, -0.05) is 46.4 Å². The van der Waals surface area contributed by atoms with Crippen molar-refractivity contribution in [2.75, 3.05) is 0 Å². The van der Waals surface area contributed by atoms with Crippen LogP contribution in [0.5, 0.6) is 0 Å². The molecule has 0 aromatic rings. The average molecular weight is 339 g/mol. The molecule has 0 heterocycles. The van der Waals surface area contributed by atoms with Gasteiger partial charge in [-0.25, -0.2) is 0 Å². The highest BCUT2D eigenvalue weighted by atomic mass is 35.5. The number of alkyl halides is 2. The van der Waals surface area contributed by atoms with E-state index in [0.29, 0.717) is 20.1 Å². The summed E-state index contributed by atoms with van der Waals surface area (Å²) in [5, 5.41) is 1.70. The monoisotopic (exact) mass is 336 g/mol. The summed E-state index contributed by atoms with van der Waals surface area (Å²) in [6.07, 6.45) is 0.795. The molecular weight excluding hydrogens is 333 g/mol. The van der Waals surface area contributed by atoms with E-state index >= 15 is 0 Å². The van der Waals surface area contributed by atoms with E-state index in [0.717, 1.165) is 6.42 Å². The van der Waals surface area contributed by atoms with Gasteiger partial charge in [0.25, 0.3) is 0 Å². The van der Waals surface area contributed by atoms with Crippen LogP contribution in [-0.4, -0.2) is 10.3 Å². The van der Waals surface area contributed by atoms with Gasteiger partial charge in [-0.05, 0) is 12.3 Å². The van der Waals surface area contributed by atoms with Crippen LogP contribution in [0.15, 0.2) is 20.1 Å². The second kappa shape index (κ2) is 3.62. The smallest absolute Gasteiger partial charge is 0.121 e. The summed E-state index contributed by atoms with van der Waals surface area (Å²) in [5.41, 5.74) is 0. The van der Waals surface area contributed by atoms with Gasteiger partial charge in [0.2, 0.25) is 0 Å². The van der Waals surface area contributed by atoms with Crippen molar-refractivity contribution < 1.29 is 0 Å². The van der Waals surface area contributed by atoms with Crippen LogP contribution in [-0.2, 0) is 0 Å². The number of hydrogen-bond donors (Lipinski definition) is 0. The molecule has 5 atom stereocenters. The molecule has 0 aliphatic heterocycles. The Kier molecular flexibility index (Phi) is 2.77. The minimum Gasteiger partial charge on any atom is -0.122 e. The molecule has 3 aliphatic rings. The van der Waals surface area contributed by atoms with E-state index in [-0.39, 0.29) is 23.1 Å². The summed E-state index contributed by atoms with van der Waals surface area (Å²) in [6.45, 7) is 0. The fourth-order valence-electron chi connectivity index (χ4n) is 3.07. The molecule has 88 valence electrons. The van der Waals surface area contributed by atoms with Gasteiger partial charge in [0, 0.05) is 27.3 Å². The topological polar surface area (TPSA) is 0 Å². The third kappa shape index (κ3) is 1.17. The molecule has 16 heavy (non-hydrogen) atoms. The van der Waals surface area contributed by atoms with Crippen molar-refractivity contribution in [2.45, 2.75) is 16.7 Å². The quantitative estimate of drug-likeness (QED) is 0.530. The third-order valence-electron chi connectivity index (χ3n) is 3.86. The van der Waals surface area contributed by atoms with Crippen LogP contribution >= 0.6 is 69.6 Å². The number of fused-ring (bicyclic) bond motifs is 1. The highest BCUT2D eigenvalue weighted by Crippen LogP contribution is 2.69. The number of rotatable bonds is 0. The maximum atomic E-state index is 6.54. The van der Waals surface area contributed by atoms with Crippen LogP contribution in [0.4, 0.5) is 0 Å². The van der Waals surface area contributed by atoms with Crippen LogP contribution in [0.2, 0.25) is 0 Å². The molecule has 0 spiro atoms. The molecule has 0 saturated heterocycles. The summed E-state index contributed by atoms with van der Waals surface area (Å²) in [6, 6.07) is 0. The molecule has 2 bridgehead atoms. The second-order valence-corrected chi connectivity index (χ2v) is 7.12. The van der Waals surface area contributed by atoms with Crippen LogP contribution < -0.4 is 0 Å². The van der Waals surface area contributed by atoms with Gasteiger partial charge in [-0.3, -0.25) is 0 Å². The molecule has 0 aromatic heterocycles. The van der Waals surface area contributed by atoms with Gasteiger partial charge in [0.1, 0.15) is 4.87 Å². The Balaban J connectivity index is 2.29. The van der Waals surface area contributed by atoms with E-state index in [2.05, 4.69) is 0 Å².